The first-order valence-corrected chi connectivity index (χ1v) is 6.49. The molecule has 0 aliphatic carbocycles. The van der Waals surface area contributed by atoms with Gasteiger partial charge in [0.05, 0.1) is 12.0 Å². The Morgan fingerprint density at radius 2 is 2.11 bits per heavy atom. The van der Waals surface area contributed by atoms with E-state index in [1.54, 1.807) is 0 Å². The molecule has 0 bridgehead atoms. The highest BCUT2D eigenvalue weighted by Gasteiger charge is 2.24. The van der Waals surface area contributed by atoms with Crippen LogP contribution in [-0.2, 0) is 4.74 Å². The monoisotopic (exact) mass is 253 g/mol. The van der Waals surface area contributed by atoms with E-state index in [1.807, 2.05) is 20.8 Å². The lowest BCUT2D eigenvalue weighted by molar-refractivity contribution is 0.0515. The first kappa shape index (κ1) is 14.8. The Labute approximate surface area is 109 Å². The molecule has 2 N–H and O–H groups in total. The van der Waals surface area contributed by atoms with Gasteiger partial charge in [0.15, 0.2) is 0 Å². The number of carbonyl (C=O) groups is 1. The molecule has 0 unspecified atom stereocenters. The van der Waals surface area contributed by atoms with Crippen molar-refractivity contribution in [3.63, 3.8) is 0 Å². The number of ether oxygens (including phenoxy) is 1. The van der Waals surface area contributed by atoms with E-state index in [0.717, 1.165) is 25.9 Å². The maximum Gasteiger partial charge on any atom is 0.407 e. The fraction of sp³-hybridized carbons (Fsp3) is 0.846. The highest BCUT2D eigenvalue weighted by atomic mass is 16.6. The summed E-state index contributed by atoms with van der Waals surface area (Å²) < 4.78 is 5.18. The van der Waals surface area contributed by atoms with Gasteiger partial charge in [-0.05, 0) is 52.6 Å². The second-order valence-corrected chi connectivity index (χ2v) is 5.71. The molecule has 1 rings (SSSR count). The first-order valence-electron chi connectivity index (χ1n) is 6.49. The van der Waals surface area contributed by atoms with Crippen LogP contribution in [0, 0.1) is 23.2 Å². The predicted octanol–water partition coefficient (Wildman–Crippen LogP) is 1.65. The van der Waals surface area contributed by atoms with Crippen LogP contribution in [0.15, 0.2) is 0 Å². The lowest BCUT2D eigenvalue weighted by Gasteiger charge is -2.22. The highest BCUT2D eigenvalue weighted by molar-refractivity contribution is 5.67. The molecule has 1 heterocycles. The molecule has 1 fully saturated rings. The zero-order valence-corrected chi connectivity index (χ0v) is 11.5. The van der Waals surface area contributed by atoms with Gasteiger partial charge in [-0.25, -0.2) is 4.79 Å². The van der Waals surface area contributed by atoms with Gasteiger partial charge < -0.3 is 15.4 Å². The maximum atomic E-state index is 11.6. The van der Waals surface area contributed by atoms with Crippen molar-refractivity contribution < 1.29 is 9.53 Å². The average Bonchev–Trinajstić information content (AvgIpc) is 2.48. The minimum Gasteiger partial charge on any atom is -0.444 e. The number of rotatable bonds is 2. The van der Waals surface area contributed by atoms with Crippen LogP contribution >= 0.6 is 0 Å². The van der Waals surface area contributed by atoms with Gasteiger partial charge in [0, 0.05) is 6.54 Å². The van der Waals surface area contributed by atoms with E-state index in [0.29, 0.717) is 6.54 Å². The van der Waals surface area contributed by atoms with E-state index < -0.39 is 11.7 Å². The van der Waals surface area contributed by atoms with Crippen LogP contribution in [0.1, 0.15) is 33.6 Å². The van der Waals surface area contributed by atoms with Crippen molar-refractivity contribution >= 4 is 6.09 Å². The third-order valence-corrected chi connectivity index (χ3v) is 2.97. The van der Waals surface area contributed by atoms with Crippen LogP contribution in [0.25, 0.3) is 0 Å². The molecular weight excluding hydrogens is 230 g/mol. The van der Waals surface area contributed by atoms with Crippen LogP contribution in [0.4, 0.5) is 4.79 Å². The minimum atomic E-state index is -0.482. The molecule has 5 heteroatoms. The fourth-order valence-corrected chi connectivity index (χ4v) is 2.05. The summed E-state index contributed by atoms with van der Waals surface area (Å²) in [5.41, 5.74) is -0.482. The molecule has 2 atom stereocenters. The summed E-state index contributed by atoms with van der Waals surface area (Å²) in [4.78, 5) is 11.6. The molecule has 0 aromatic carbocycles. The zero-order valence-electron chi connectivity index (χ0n) is 11.5. The number of nitrogens with one attached hydrogen (secondary N) is 2. The van der Waals surface area contributed by atoms with E-state index in [1.165, 1.54) is 0 Å². The predicted molar refractivity (Wildman–Crippen MR) is 68.9 cm³/mol. The van der Waals surface area contributed by atoms with E-state index in [4.69, 9.17) is 10.00 Å². The Kier molecular flexibility index (Phi) is 5.42. The number of alkyl carbamates (subject to hydrolysis) is 1. The van der Waals surface area contributed by atoms with E-state index >= 15 is 0 Å². The first-order chi connectivity index (χ1) is 8.42. The van der Waals surface area contributed by atoms with Crippen molar-refractivity contribution in [2.45, 2.75) is 39.2 Å². The third kappa shape index (κ3) is 5.37. The fourth-order valence-electron chi connectivity index (χ4n) is 2.05. The number of nitriles is 1. The van der Waals surface area contributed by atoms with Gasteiger partial charge in [0.2, 0.25) is 0 Å². The second-order valence-electron chi connectivity index (χ2n) is 5.71. The number of hydrogen-bond donors (Lipinski definition) is 2. The standard InChI is InChI=1S/C13H23N3O2/c1-13(2,3)18-12(17)16-9-11-5-7-15-6-4-10(11)8-14/h10-11,15H,4-7,9H2,1-3H3,(H,16,17)/t10-,11-/m0/s1. The molecule has 1 aliphatic rings. The molecule has 0 aromatic rings. The number of hydrogen-bond acceptors (Lipinski definition) is 4. The number of carbonyl (C=O) groups excluding carboxylic acids is 1. The Morgan fingerprint density at radius 1 is 1.44 bits per heavy atom. The Bertz CT molecular complexity index is 317. The van der Waals surface area contributed by atoms with Crippen LogP contribution in [0.5, 0.6) is 0 Å². The summed E-state index contributed by atoms with van der Waals surface area (Å²) in [5, 5.41) is 15.1. The van der Waals surface area contributed by atoms with Gasteiger partial charge in [-0.3, -0.25) is 0 Å². The normalized spacial score (nSPS) is 24.8. The Hall–Kier alpha value is -1.28. The van der Waals surface area contributed by atoms with Gasteiger partial charge >= 0.3 is 6.09 Å². The minimum absolute atomic E-state index is 0.00920. The summed E-state index contributed by atoms with van der Waals surface area (Å²) in [6, 6.07) is 2.33. The summed E-state index contributed by atoms with van der Waals surface area (Å²) in [6.07, 6.45) is 1.35. The number of amides is 1. The average molecular weight is 253 g/mol. The molecule has 5 nitrogen and oxygen atoms in total. The van der Waals surface area contributed by atoms with E-state index in [9.17, 15) is 4.79 Å². The van der Waals surface area contributed by atoms with Crippen molar-refractivity contribution in [2.24, 2.45) is 11.8 Å². The van der Waals surface area contributed by atoms with Crippen LogP contribution in [-0.4, -0.2) is 31.3 Å². The number of nitrogens with zero attached hydrogens (tertiary/aromatic N) is 1. The smallest absolute Gasteiger partial charge is 0.407 e. The van der Waals surface area contributed by atoms with Crippen LogP contribution in [0.2, 0.25) is 0 Å². The molecule has 1 saturated heterocycles. The summed E-state index contributed by atoms with van der Waals surface area (Å²) in [5.74, 6) is 0.215. The molecule has 0 radical (unpaired) electrons. The molecule has 1 amide bonds. The molecule has 102 valence electrons. The Morgan fingerprint density at radius 3 is 2.72 bits per heavy atom. The lowest BCUT2D eigenvalue weighted by Crippen LogP contribution is -2.37. The van der Waals surface area contributed by atoms with Crippen LogP contribution in [0.3, 0.4) is 0 Å². The summed E-state index contributed by atoms with van der Waals surface area (Å²) >= 11 is 0. The zero-order chi connectivity index (χ0) is 13.6. The van der Waals surface area contributed by atoms with Gasteiger partial charge in [0.25, 0.3) is 0 Å². The van der Waals surface area contributed by atoms with Gasteiger partial charge in [-0.2, -0.15) is 5.26 Å². The highest BCUT2D eigenvalue weighted by Crippen LogP contribution is 2.20. The van der Waals surface area contributed by atoms with Gasteiger partial charge in [-0.1, -0.05) is 0 Å². The van der Waals surface area contributed by atoms with Crippen molar-refractivity contribution in [1.29, 1.82) is 5.26 Å². The van der Waals surface area contributed by atoms with Crippen molar-refractivity contribution in [3.8, 4) is 6.07 Å². The van der Waals surface area contributed by atoms with Crippen molar-refractivity contribution in [2.75, 3.05) is 19.6 Å². The molecular formula is C13H23N3O2. The Balaban J connectivity index is 2.41. The summed E-state index contributed by atoms with van der Waals surface area (Å²) in [6.45, 7) is 7.79. The topological polar surface area (TPSA) is 74.2 Å². The van der Waals surface area contributed by atoms with E-state index in [-0.39, 0.29) is 11.8 Å². The molecule has 18 heavy (non-hydrogen) atoms. The molecule has 0 spiro atoms. The lowest BCUT2D eigenvalue weighted by atomic mass is 9.89. The van der Waals surface area contributed by atoms with Crippen molar-refractivity contribution in [1.82, 2.24) is 10.6 Å². The van der Waals surface area contributed by atoms with Crippen molar-refractivity contribution in [3.05, 3.63) is 0 Å². The van der Waals surface area contributed by atoms with Gasteiger partial charge in [0.1, 0.15) is 5.60 Å². The SMILES string of the molecule is CC(C)(C)OC(=O)NC[C@@H]1CCNCC[C@H]1C#N. The quantitative estimate of drug-likeness (QED) is 0.784. The third-order valence-electron chi connectivity index (χ3n) is 2.97. The van der Waals surface area contributed by atoms with Gasteiger partial charge in [-0.15, -0.1) is 0 Å². The molecule has 0 aromatic heterocycles. The largest absolute Gasteiger partial charge is 0.444 e. The summed E-state index contributed by atoms with van der Waals surface area (Å²) in [7, 11) is 0. The van der Waals surface area contributed by atoms with Crippen LogP contribution < -0.4 is 10.6 Å². The maximum absolute atomic E-state index is 11.6. The molecule has 1 aliphatic heterocycles. The van der Waals surface area contributed by atoms with E-state index in [2.05, 4.69) is 16.7 Å². The second kappa shape index (κ2) is 6.60. The molecule has 0 saturated carbocycles.